The van der Waals surface area contributed by atoms with Gasteiger partial charge in [0.25, 0.3) is 5.91 Å². The number of amides is 1. The minimum atomic E-state index is -0.772. The molecule has 0 saturated carbocycles. The fourth-order valence-corrected chi connectivity index (χ4v) is 3.13. The van der Waals surface area contributed by atoms with Crippen molar-refractivity contribution in [1.29, 1.82) is 0 Å². The third-order valence-electron chi connectivity index (χ3n) is 4.84. The zero-order valence-corrected chi connectivity index (χ0v) is 19.5. The van der Waals surface area contributed by atoms with Crippen LogP contribution >= 0.6 is 0 Å². The van der Waals surface area contributed by atoms with Crippen LogP contribution in [0.4, 0.5) is 0 Å². The Morgan fingerprint density at radius 2 is 1.65 bits per heavy atom. The van der Waals surface area contributed by atoms with E-state index in [0.717, 1.165) is 19.3 Å². The molecule has 0 aromatic heterocycles. The smallest absolute Gasteiger partial charge is 0.263 e. The number of hydrogen-bond donors (Lipinski definition) is 2. The van der Waals surface area contributed by atoms with Gasteiger partial charge in [-0.25, -0.2) is 0 Å². The van der Waals surface area contributed by atoms with Crippen molar-refractivity contribution in [3.63, 3.8) is 0 Å². The Morgan fingerprint density at radius 3 is 2.10 bits per heavy atom. The lowest BCUT2D eigenvalue weighted by molar-refractivity contribution is -0.185. The third-order valence-corrected chi connectivity index (χ3v) is 4.84. The molecule has 1 heterocycles. The zero-order valence-electron chi connectivity index (χ0n) is 19.5. The van der Waals surface area contributed by atoms with Gasteiger partial charge in [0.2, 0.25) is 0 Å². The summed E-state index contributed by atoms with van der Waals surface area (Å²) in [6.07, 6.45) is 1.32. The molecule has 10 nitrogen and oxygen atoms in total. The highest BCUT2D eigenvalue weighted by molar-refractivity contribution is 5.80. The number of aliphatic hydroxyl groups excluding tert-OH is 1. The molecule has 0 spiro atoms. The number of ether oxygens (including phenoxy) is 4. The van der Waals surface area contributed by atoms with Crippen LogP contribution in [-0.4, -0.2) is 113 Å². The maximum atomic E-state index is 12.8. The van der Waals surface area contributed by atoms with Crippen LogP contribution in [0.5, 0.6) is 0 Å². The fourth-order valence-electron chi connectivity index (χ4n) is 3.13. The lowest BCUT2D eigenvalue weighted by atomic mass is 9.87. The molecule has 1 unspecified atom stereocenters. The molecular weight excluding hydrogens is 406 g/mol. The van der Waals surface area contributed by atoms with Crippen LogP contribution in [0.3, 0.4) is 0 Å². The van der Waals surface area contributed by atoms with E-state index >= 15 is 0 Å². The number of aldehydes is 1. The van der Waals surface area contributed by atoms with E-state index in [1.807, 2.05) is 27.8 Å². The molecule has 1 rings (SSSR count). The summed E-state index contributed by atoms with van der Waals surface area (Å²) in [5, 5.41) is 16.2. The van der Waals surface area contributed by atoms with Crippen molar-refractivity contribution in [2.45, 2.75) is 45.9 Å². The number of nitrogens with one attached hydrogen (secondary N) is 1. The van der Waals surface area contributed by atoms with Crippen LogP contribution in [0.25, 0.3) is 0 Å². The Balaban J connectivity index is 2.26. The first-order chi connectivity index (χ1) is 14.8. The number of likely N-dealkylation sites (N-methyl/N-ethyl adjacent to an activating group) is 1. The molecule has 0 aromatic carbocycles. The highest BCUT2D eigenvalue weighted by atomic mass is 16.6. The molecule has 1 amide bonds. The second kappa shape index (κ2) is 15.6. The largest absolute Gasteiger partial charge is 0.378 e. The maximum absolute atomic E-state index is 12.8. The first-order valence-corrected chi connectivity index (χ1v) is 11.0. The molecule has 1 saturated heterocycles. The Hall–Kier alpha value is -1.14. The predicted octanol–water partition coefficient (Wildman–Crippen LogP) is 0.0436. The quantitative estimate of drug-likeness (QED) is 0.236. The van der Waals surface area contributed by atoms with E-state index in [-0.39, 0.29) is 19.1 Å². The van der Waals surface area contributed by atoms with Crippen molar-refractivity contribution in [3.8, 4) is 0 Å². The van der Waals surface area contributed by atoms with Crippen molar-refractivity contribution < 1.29 is 33.6 Å². The summed E-state index contributed by atoms with van der Waals surface area (Å²) in [6.45, 7) is 10.0. The second-order valence-corrected chi connectivity index (χ2v) is 8.46. The molecule has 10 heteroatoms. The first kappa shape index (κ1) is 27.9. The van der Waals surface area contributed by atoms with Crippen LogP contribution in [0.2, 0.25) is 0 Å². The Labute approximate surface area is 186 Å². The molecule has 1 aliphatic heterocycles. The molecule has 2 N–H and O–H groups in total. The third kappa shape index (κ3) is 10.8. The van der Waals surface area contributed by atoms with Gasteiger partial charge < -0.3 is 34.2 Å². The number of aliphatic hydroxyl groups is 1. The van der Waals surface area contributed by atoms with Crippen LogP contribution < -0.4 is 5.32 Å². The van der Waals surface area contributed by atoms with E-state index in [2.05, 4.69) is 5.32 Å². The van der Waals surface area contributed by atoms with Crippen LogP contribution in [-0.2, 0) is 28.5 Å². The number of rotatable bonds is 17. The number of nitrogens with zero attached hydrogens (tertiary/aromatic N) is 2. The topological polar surface area (TPSA) is 110 Å². The van der Waals surface area contributed by atoms with Crippen LogP contribution in [0.15, 0.2) is 0 Å². The molecule has 1 fully saturated rings. The summed E-state index contributed by atoms with van der Waals surface area (Å²) in [4.78, 5) is 24.6. The molecule has 1 aliphatic rings. The summed E-state index contributed by atoms with van der Waals surface area (Å²) in [5.74, 6) is -0.352. The first-order valence-electron chi connectivity index (χ1n) is 11.0. The van der Waals surface area contributed by atoms with Crippen molar-refractivity contribution in [2.75, 3.05) is 73.0 Å². The molecule has 0 radical (unpaired) electrons. The standard InChI is InChI=1S/C21H41N3O7/c1-21(2,3)18(16-25)24(23-8-5-6-19(23)26)20(27)17-31-15-14-30-13-12-29-11-10-28-9-7-22-4/h16,18-19,22,26H,5-15,17H2,1-4H3/t18?,19-/m1/s1. The summed E-state index contributed by atoms with van der Waals surface area (Å²) in [7, 11) is 1.87. The van der Waals surface area contributed by atoms with E-state index in [0.29, 0.717) is 52.6 Å². The van der Waals surface area contributed by atoms with Gasteiger partial charge in [0.15, 0.2) is 0 Å². The number of carbonyl (C=O) groups is 2. The molecule has 182 valence electrons. The van der Waals surface area contributed by atoms with Gasteiger partial charge in [-0.05, 0) is 25.3 Å². The average Bonchev–Trinajstić information content (AvgIpc) is 3.13. The fraction of sp³-hybridized carbons (Fsp3) is 0.905. The maximum Gasteiger partial charge on any atom is 0.263 e. The Kier molecular flexibility index (Phi) is 14.1. The highest BCUT2D eigenvalue weighted by Gasteiger charge is 2.40. The molecule has 31 heavy (non-hydrogen) atoms. The van der Waals surface area contributed by atoms with Gasteiger partial charge in [-0.1, -0.05) is 20.8 Å². The molecule has 0 aromatic rings. The van der Waals surface area contributed by atoms with Gasteiger partial charge in [-0.15, -0.1) is 0 Å². The van der Waals surface area contributed by atoms with E-state index in [4.69, 9.17) is 18.9 Å². The molecule has 0 bridgehead atoms. The van der Waals surface area contributed by atoms with Crippen molar-refractivity contribution in [1.82, 2.24) is 15.3 Å². The lowest BCUT2D eigenvalue weighted by Crippen LogP contribution is -2.59. The Morgan fingerprint density at radius 1 is 1.10 bits per heavy atom. The zero-order chi connectivity index (χ0) is 23.1. The minimum Gasteiger partial charge on any atom is -0.378 e. The highest BCUT2D eigenvalue weighted by Crippen LogP contribution is 2.28. The van der Waals surface area contributed by atoms with E-state index < -0.39 is 17.7 Å². The van der Waals surface area contributed by atoms with Gasteiger partial charge >= 0.3 is 0 Å². The second-order valence-electron chi connectivity index (χ2n) is 8.46. The predicted molar refractivity (Wildman–Crippen MR) is 115 cm³/mol. The summed E-state index contributed by atoms with van der Waals surface area (Å²) in [6, 6.07) is -0.688. The normalized spacial score (nSPS) is 18.3. The number of carbonyl (C=O) groups excluding carboxylic acids is 2. The van der Waals surface area contributed by atoms with Crippen molar-refractivity contribution in [3.05, 3.63) is 0 Å². The molecule has 0 aliphatic carbocycles. The summed E-state index contributed by atoms with van der Waals surface area (Å²) in [5.41, 5.74) is -0.471. The summed E-state index contributed by atoms with van der Waals surface area (Å²) >= 11 is 0. The number of hydrazine groups is 1. The SMILES string of the molecule is CNCCOCCOCCOCCOCC(=O)N(C(C=O)C(C)(C)C)N1CCC[C@H]1O. The van der Waals surface area contributed by atoms with E-state index in [1.165, 1.54) is 5.01 Å². The van der Waals surface area contributed by atoms with Gasteiger partial charge in [-0.2, -0.15) is 5.01 Å². The molecular formula is C21H41N3O7. The average molecular weight is 448 g/mol. The van der Waals surface area contributed by atoms with E-state index in [9.17, 15) is 14.7 Å². The van der Waals surface area contributed by atoms with Crippen molar-refractivity contribution in [2.24, 2.45) is 5.41 Å². The minimum absolute atomic E-state index is 0.187. The van der Waals surface area contributed by atoms with Crippen molar-refractivity contribution >= 4 is 12.2 Å². The van der Waals surface area contributed by atoms with Gasteiger partial charge in [0.05, 0.1) is 46.2 Å². The van der Waals surface area contributed by atoms with E-state index in [1.54, 1.807) is 5.01 Å². The van der Waals surface area contributed by atoms with Gasteiger partial charge in [0.1, 0.15) is 25.2 Å². The molecule has 2 atom stereocenters. The van der Waals surface area contributed by atoms with Gasteiger partial charge in [0, 0.05) is 13.1 Å². The lowest BCUT2D eigenvalue weighted by Gasteiger charge is -2.42. The summed E-state index contributed by atoms with van der Waals surface area (Å²) < 4.78 is 21.6. The number of hydrogen-bond acceptors (Lipinski definition) is 9. The Bertz CT molecular complexity index is 502. The van der Waals surface area contributed by atoms with Crippen LogP contribution in [0, 0.1) is 5.41 Å². The van der Waals surface area contributed by atoms with Crippen LogP contribution in [0.1, 0.15) is 33.6 Å². The van der Waals surface area contributed by atoms with Gasteiger partial charge in [-0.3, -0.25) is 9.80 Å². The monoisotopic (exact) mass is 447 g/mol.